The minimum absolute atomic E-state index is 0.0794. The van der Waals surface area contributed by atoms with Crippen molar-refractivity contribution in [3.63, 3.8) is 0 Å². The first-order valence-electron chi connectivity index (χ1n) is 10.9. The number of nitrogens with one attached hydrogen (secondary N) is 1. The quantitative estimate of drug-likeness (QED) is 0.347. The lowest BCUT2D eigenvalue weighted by Gasteiger charge is -2.19. The summed E-state index contributed by atoms with van der Waals surface area (Å²) in [7, 11) is 0. The fraction of sp³-hybridized carbons (Fsp3) is 0.222. The van der Waals surface area contributed by atoms with Crippen molar-refractivity contribution in [2.24, 2.45) is 0 Å². The second kappa shape index (κ2) is 9.63. The van der Waals surface area contributed by atoms with Crippen LogP contribution in [0.4, 0.5) is 5.69 Å². The molecule has 33 heavy (non-hydrogen) atoms. The third-order valence-corrected chi connectivity index (χ3v) is 6.22. The van der Waals surface area contributed by atoms with Gasteiger partial charge in [-0.05, 0) is 47.7 Å². The highest BCUT2D eigenvalue weighted by atomic mass is 32.2. The number of nitrogens with zero attached hydrogens (tertiary/aromatic N) is 3. The first-order chi connectivity index (χ1) is 15.8. The summed E-state index contributed by atoms with van der Waals surface area (Å²) >= 11 is 1.37. The molecule has 0 atom stereocenters. The molecule has 0 unspecified atom stereocenters. The van der Waals surface area contributed by atoms with E-state index in [4.69, 9.17) is 0 Å². The average molecular weight is 457 g/mol. The van der Waals surface area contributed by atoms with Gasteiger partial charge in [-0.25, -0.2) is 0 Å². The van der Waals surface area contributed by atoms with Gasteiger partial charge in [0.1, 0.15) is 0 Å². The first kappa shape index (κ1) is 22.8. The number of aromatic nitrogens is 3. The molecule has 4 rings (SSSR count). The van der Waals surface area contributed by atoms with Gasteiger partial charge in [-0.3, -0.25) is 9.36 Å². The van der Waals surface area contributed by atoms with E-state index in [0.29, 0.717) is 5.16 Å². The Morgan fingerprint density at radius 2 is 1.67 bits per heavy atom. The number of thioether (sulfide) groups is 1. The molecule has 4 aromatic rings. The molecule has 0 spiro atoms. The number of carbonyl (C=O) groups is 1. The number of benzene rings is 3. The van der Waals surface area contributed by atoms with Crippen LogP contribution in [-0.4, -0.2) is 26.4 Å². The Kier molecular flexibility index (Phi) is 6.65. The van der Waals surface area contributed by atoms with E-state index in [1.807, 2.05) is 66.1 Å². The highest BCUT2D eigenvalue weighted by Gasteiger charge is 2.19. The van der Waals surface area contributed by atoms with Crippen molar-refractivity contribution >= 4 is 23.4 Å². The van der Waals surface area contributed by atoms with Crippen LogP contribution in [0.1, 0.15) is 31.9 Å². The molecule has 0 aliphatic heterocycles. The van der Waals surface area contributed by atoms with Crippen LogP contribution < -0.4 is 5.32 Å². The van der Waals surface area contributed by atoms with E-state index in [-0.39, 0.29) is 17.1 Å². The molecule has 1 aromatic heterocycles. The van der Waals surface area contributed by atoms with Crippen molar-refractivity contribution in [2.45, 2.75) is 38.3 Å². The number of carbonyl (C=O) groups excluding carboxylic acids is 1. The van der Waals surface area contributed by atoms with Crippen molar-refractivity contribution in [3.05, 3.63) is 90.0 Å². The first-order valence-corrected chi connectivity index (χ1v) is 11.9. The Bertz CT molecular complexity index is 1240. The van der Waals surface area contributed by atoms with Gasteiger partial charge in [-0.2, -0.15) is 0 Å². The second-order valence-corrected chi connectivity index (χ2v) is 9.95. The van der Waals surface area contributed by atoms with E-state index >= 15 is 0 Å². The molecule has 0 fully saturated rings. The Labute approximate surface area is 199 Å². The lowest BCUT2D eigenvalue weighted by atomic mass is 9.87. The van der Waals surface area contributed by atoms with Crippen LogP contribution >= 0.6 is 11.8 Å². The van der Waals surface area contributed by atoms with E-state index in [9.17, 15) is 4.79 Å². The van der Waals surface area contributed by atoms with Gasteiger partial charge in [0.2, 0.25) is 5.91 Å². The van der Waals surface area contributed by atoms with Gasteiger partial charge in [-0.1, -0.05) is 87.1 Å². The highest BCUT2D eigenvalue weighted by Crippen LogP contribution is 2.30. The molecule has 0 aliphatic carbocycles. The van der Waals surface area contributed by atoms with Crippen LogP contribution in [0, 0.1) is 6.92 Å². The van der Waals surface area contributed by atoms with Gasteiger partial charge in [0.25, 0.3) is 0 Å². The van der Waals surface area contributed by atoms with Gasteiger partial charge in [0.05, 0.1) is 5.75 Å². The molecule has 3 aromatic carbocycles. The van der Waals surface area contributed by atoms with Crippen molar-refractivity contribution in [3.8, 4) is 17.1 Å². The molecule has 1 heterocycles. The Balaban J connectivity index is 1.60. The minimum Gasteiger partial charge on any atom is -0.325 e. The number of anilines is 1. The molecule has 6 heteroatoms. The molecule has 168 valence electrons. The molecular weight excluding hydrogens is 428 g/mol. The van der Waals surface area contributed by atoms with E-state index in [2.05, 4.69) is 60.6 Å². The van der Waals surface area contributed by atoms with E-state index in [0.717, 1.165) is 28.3 Å². The van der Waals surface area contributed by atoms with Crippen LogP contribution in [0.5, 0.6) is 0 Å². The van der Waals surface area contributed by atoms with Crippen molar-refractivity contribution in [2.75, 3.05) is 11.1 Å². The summed E-state index contributed by atoms with van der Waals surface area (Å²) in [5.74, 6) is 0.912. The third kappa shape index (κ3) is 5.52. The molecule has 1 N–H and O–H groups in total. The predicted molar refractivity (Wildman–Crippen MR) is 136 cm³/mol. The summed E-state index contributed by atoms with van der Waals surface area (Å²) in [4.78, 5) is 12.6. The number of rotatable bonds is 6. The number of para-hydroxylation sites is 1. The lowest BCUT2D eigenvalue weighted by Crippen LogP contribution is -2.14. The summed E-state index contributed by atoms with van der Waals surface area (Å²) in [5.41, 5.74) is 5.18. The standard InChI is InChI=1S/C27H28N4OS/c1-19-9-8-10-22(17-19)28-24(32)18-33-26-30-29-25(31(26)23-11-6-5-7-12-23)20-13-15-21(16-14-20)27(2,3)4/h5-17H,18H2,1-4H3,(H,28,32). The van der Waals surface area contributed by atoms with Crippen molar-refractivity contribution < 1.29 is 4.79 Å². The fourth-order valence-electron chi connectivity index (χ4n) is 3.53. The van der Waals surface area contributed by atoms with E-state index < -0.39 is 0 Å². The van der Waals surface area contributed by atoms with Crippen LogP contribution in [0.3, 0.4) is 0 Å². The summed E-state index contributed by atoms with van der Waals surface area (Å²) < 4.78 is 2.01. The third-order valence-electron chi connectivity index (χ3n) is 5.29. The maximum atomic E-state index is 12.6. The molecule has 0 saturated heterocycles. The van der Waals surface area contributed by atoms with E-state index in [1.54, 1.807) is 0 Å². The molecule has 0 bridgehead atoms. The highest BCUT2D eigenvalue weighted by molar-refractivity contribution is 7.99. The molecule has 0 saturated carbocycles. The Hall–Kier alpha value is -3.38. The number of hydrogen-bond acceptors (Lipinski definition) is 4. The molecule has 0 radical (unpaired) electrons. The van der Waals surface area contributed by atoms with Crippen LogP contribution in [0.15, 0.2) is 84.0 Å². The van der Waals surface area contributed by atoms with Gasteiger partial charge in [0.15, 0.2) is 11.0 Å². The zero-order valence-electron chi connectivity index (χ0n) is 19.4. The zero-order valence-corrected chi connectivity index (χ0v) is 20.2. The predicted octanol–water partition coefficient (Wildman–Crippen LogP) is 6.27. The monoisotopic (exact) mass is 456 g/mol. The minimum atomic E-state index is -0.0794. The van der Waals surface area contributed by atoms with Crippen LogP contribution in [0.2, 0.25) is 0 Å². The molecule has 0 aliphatic rings. The van der Waals surface area contributed by atoms with E-state index in [1.165, 1.54) is 17.3 Å². The zero-order chi connectivity index (χ0) is 23.4. The smallest absolute Gasteiger partial charge is 0.234 e. The largest absolute Gasteiger partial charge is 0.325 e. The van der Waals surface area contributed by atoms with Crippen LogP contribution in [-0.2, 0) is 10.2 Å². The summed E-state index contributed by atoms with van der Waals surface area (Å²) in [6.07, 6.45) is 0. The number of hydrogen-bond donors (Lipinski definition) is 1. The summed E-state index contributed by atoms with van der Waals surface area (Å²) in [5, 5.41) is 12.5. The van der Waals surface area contributed by atoms with Gasteiger partial charge >= 0.3 is 0 Å². The lowest BCUT2D eigenvalue weighted by molar-refractivity contribution is -0.113. The van der Waals surface area contributed by atoms with Gasteiger partial charge < -0.3 is 5.32 Å². The topological polar surface area (TPSA) is 59.8 Å². The second-order valence-electron chi connectivity index (χ2n) is 9.01. The summed E-state index contributed by atoms with van der Waals surface area (Å²) in [6, 6.07) is 26.2. The van der Waals surface area contributed by atoms with Crippen molar-refractivity contribution in [1.82, 2.24) is 14.8 Å². The van der Waals surface area contributed by atoms with Crippen molar-refractivity contribution in [1.29, 1.82) is 0 Å². The number of aryl methyl sites for hydroxylation is 1. The molecule has 1 amide bonds. The normalized spacial score (nSPS) is 11.4. The number of amides is 1. The summed E-state index contributed by atoms with van der Waals surface area (Å²) in [6.45, 7) is 8.60. The Morgan fingerprint density at radius 3 is 2.33 bits per heavy atom. The van der Waals surface area contributed by atoms with Gasteiger partial charge in [-0.15, -0.1) is 10.2 Å². The van der Waals surface area contributed by atoms with Gasteiger partial charge in [0, 0.05) is 16.9 Å². The fourth-order valence-corrected chi connectivity index (χ4v) is 4.28. The maximum Gasteiger partial charge on any atom is 0.234 e. The molecule has 5 nitrogen and oxygen atoms in total. The Morgan fingerprint density at radius 1 is 0.939 bits per heavy atom. The average Bonchev–Trinajstić information content (AvgIpc) is 3.22. The SMILES string of the molecule is Cc1cccc(NC(=O)CSc2nnc(-c3ccc(C(C)(C)C)cc3)n2-c2ccccc2)c1. The van der Waals surface area contributed by atoms with Crippen LogP contribution in [0.25, 0.3) is 17.1 Å². The maximum absolute atomic E-state index is 12.6. The molecular formula is C27H28N4OS.